The molecule has 4 rings (SSSR count). The molecule has 1 aliphatic carbocycles. The first-order chi connectivity index (χ1) is 13.9. The molecule has 0 radical (unpaired) electrons. The van der Waals surface area contributed by atoms with Crippen molar-refractivity contribution in [3.63, 3.8) is 0 Å². The number of anilines is 2. The Hall–Kier alpha value is -2.87. The zero-order valence-corrected chi connectivity index (χ0v) is 17.2. The predicted octanol–water partition coefficient (Wildman–Crippen LogP) is 3.10. The number of amides is 3. The van der Waals surface area contributed by atoms with Crippen LogP contribution in [0.3, 0.4) is 0 Å². The van der Waals surface area contributed by atoms with Crippen molar-refractivity contribution in [1.82, 2.24) is 5.32 Å². The highest BCUT2D eigenvalue weighted by Crippen LogP contribution is 2.39. The molecule has 0 spiro atoms. The lowest BCUT2D eigenvalue weighted by atomic mass is 9.95. The van der Waals surface area contributed by atoms with Crippen molar-refractivity contribution in [2.45, 2.75) is 45.1 Å². The molecule has 0 saturated heterocycles. The van der Waals surface area contributed by atoms with Gasteiger partial charge in [-0.25, -0.2) is 0 Å². The third-order valence-corrected chi connectivity index (χ3v) is 6.49. The first kappa shape index (κ1) is 19.4. The minimum absolute atomic E-state index is 0.202. The van der Waals surface area contributed by atoms with E-state index in [4.69, 9.17) is 4.74 Å². The average Bonchev–Trinajstić information content (AvgIpc) is 3.07. The highest BCUT2D eigenvalue weighted by atomic mass is 32.1. The van der Waals surface area contributed by atoms with Crippen LogP contribution in [0.25, 0.3) is 0 Å². The molecule has 2 aliphatic rings. The van der Waals surface area contributed by atoms with E-state index < -0.39 is 17.4 Å². The van der Waals surface area contributed by atoms with E-state index >= 15 is 0 Å². The summed E-state index contributed by atoms with van der Waals surface area (Å²) >= 11 is 1.41. The summed E-state index contributed by atoms with van der Waals surface area (Å²) in [5.74, 6) is -0.922. The molecule has 3 N–H and O–H groups in total. The van der Waals surface area contributed by atoms with Crippen molar-refractivity contribution < 1.29 is 19.1 Å². The van der Waals surface area contributed by atoms with Gasteiger partial charge >= 0.3 is 0 Å². The van der Waals surface area contributed by atoms with Gasteiger partial charge in [0.15, 0.2) is 0 Å². The lowest BCUT2D eigenvalue weighted by Gasteiger charge is -2.33. The van der Waals surface area contributed by atoms with E-state index in [-0.39, 0.29) is 5.91 Å². The molecule has 152 valence electrons. The van der Waals surface area contributed by atoms with Crippen LogP contribution in [0.1, 0.15) is 47.5 Å². The lowest BCUT2D eigenvalue weighted by Crippen LogP contribution is -2.56. The Morgan fingerprint density at radius 2 is 2.00 bits per heavy atom. The second-order valence-corrected chi connectivity index (χ2v) is 8.42. The van der Waals surface area contributed by atoms with Gasteiger partial charge in [0.25, 0.3) is 23.3 Å². The smallest absolute Gasteiger partial charge is 0.278 e. The number of para-hydroxylation sites is 2. The van der Waals surface area contributed by atoms with E-state index in [1.165, 1.54) is 18.3 Å². The maximum absolute atomic E-state index is 13.1. The molecule has 29 heavy (non-hydrogen) atoms. The third kappa shape index (κ3) is 3.37. The highest BCUT2D eigenvalue weighted by Gasteiger charge is 2.47. The number of carbonyl (C=O) groups is 3. The van der Waals surface area contributed by atoms with Crippen LogP contribution in [0, 0.1) is 0 Å². The number of thiophene rings is 1. The third-order valence-electron chi connectivity index (χ3n) is 5.28. The standard InChI is InChI=1S/C21H23N3O4S/c1-3-22-17(25)16-12-8-4-7-11-15(12)29-18(16)24-20(27)21(2)19(26)23-13-9-5-6-10-14(13)28-21/h5-6,9-10H,3-4,7-8,11H2,1-2H3,(H,22,25)(H,23,26)(H,24,27). The van der Waals surface area contributed by atoms with Crippen molar-refractivity contribution >= 4 is 39.7 Å². The zero-order valence-electron chi connectivity index (χ0n) is 16.4. The fourth-order valence-corrected chi connectivity index (χ4v) is 4.96. The molecule has 1 aromatic heterocycles. The van der Waals surface area contributed by atoms with Crippen LogP contribution in [0.4, 0.5) is 10.7 Å². The van der Waals surface area contributed by atoms with Crippen LogP contribution in [0.15, 0.2) is 24.3 Å². The van der Waals surface area contributed by atoms with Crippen LogP contribution < -0.4 is 20.7 Å². The molecule has 1 unspecified atom stereocenters. The van der Waals surface area contributed by atoms with E-state index in [0.29, 0.717) is 28.5 Å². The van der Waals surface area contributed by atoms with Crippen LogP contribution >= 0.6 is 11.3 Å². The van der Waals surface area contributed by atoms with Crippen LogP contribution in [0.2, 0.25) is 0 Å². The molecule has 3 amide bonds. The number of rotatable bonds is 4. The van der Waals surface area contributed by atoms with E-state index in [1.807, 2.05) is 6.92 Å². The van der Waals surface area contributed by atoms with Crippen molar-refractivity contribution in [3.05, 3.63) is 40.3 Å². The maximum atomic E-state index is 13.1. The van der Waals surface area contributed by atoms with Crippen molar-refractivity contribution in [2.75, 3.05) is 17.2 Å². The number of aryl methyl sites for hydroxylation is 1. The second kappa shape index (κ2) is 7.51. The second-order valence-electron chi connectivity index (χ2n) is 7.31. The van der Waals surface area contributed by atoms with Crippen LogP contribution in [0.5, 0.6) is 5.75 Å². The zero-order chi connectivity index (χ0) is 20.6. The molecule has 0 saturated carbocycles. The van der Waals surface area contributed by atoms with Crippen molar-refractivity contribution in [1.29, 1.82) is 0 Å². The lowest BCUT2D eigenvalue weighted by molar-refractivity contribution is -0.143. The summed E-state index contributed by atoms with van der Waals surface area (Å²) in [5.41, 5.74) is 0.307. The van der Waals surface area contributed by atoms with E-state index in [9.17, 15) is 14.4 Å². The largest absolute Gasteiger partial charge is 0.466 e. The predicted molar refractivity (Wildman–Crippen MR) is 112 cm³/mol. The fraction of sp³-hybridized carbons (Fsp3) is 0.381. The van der Waals surface area contributed by atoms with Gasteiger partial charge in [0.1, 0.15) is 10.8 Å². The Kier molecular flexibility index (Phi) is 5.04. The number of nitrogens with one attached hydrogen (secondary N) is 3. The van der Waals surface area contributed by atoms with E-state index in [2.05, 4.69) is 16.0 Å². The summed E-state index contributed by atoms with van der Waals surface area (Å²) in [7, 11) is 0. The van der Waals surface area contributed by atoms with E-state index in [1.54, 1.807) is 24.3 Å². The molecule has 1 aromatic carbocycles. The van der Waals surface area contributed by atoms with Crippen molar-refractivity contribution in [3.8, 4) is 5.75 Å². The minimum Gasteiger partial charge on any atom is -0.466 e. The number of fused-ring (bicyclic) bond motifs is 2. The normalized spacial score (nSPS) is 20.0. The average molecular weight is 413 g/mol. The first-order valence-electron chi connectivity index (χ1n) is 9.77. The SMILES string of the molecule is CCNC(=O)c1c(NC(=O)C2(C)Oc3ccccc3NC2=O)sc2c1CCCC2. The van der Waals surface area contributed by atoms with Gasteiger partial charge in [0.2, 0.25) is 0 Å². The van der Waals surface area contributed by atoms with Gasteiger partial charge in [-0.05, 0) is 57.2 Å². The Labute approximate surface area is 172 Å². The molecule has 1 atom stereocenters. The van der Waals surface area contributed by atoms with Gasteiger partial charge < -0.3 is 20.7 Å². The molecular formula is C21H23N3O4S. The minimum atomic E-state index is -1.74. The van der Waals surface area contributed by atoms with Crippen LogP contribution in [-0.2, 0) is 22.4 Å². The van der Waals surface area contributed by atoms with Gasteiger partial charge in [-0.3, -0.25) is 14.4 Å². The van der Waals surface area contributed by atoms with Gasteiger partial charge in [0, 0.05) is 11.4 Å². The molecule has 8 heteroatoms. The Bertz CT molecular complexity index is 1000. The molecule has 2 heterocycles. The van der Waals surface area contributed by atoms with Gasteiger partial charge in [0.05, 0.1) is 11.3 Å². The summed E-state index contributed by atoms with van der Waals surface area (Å²) < 4.78 is 5.80. The van der Waals surface area contributed by atoms with Gasteiger partial charge in [-0.15, -0.1) is 11.3 Å². The monoisotopic (exact) mass is 413 g/mol. The number of hydrogen-bond acceptors (Lipinski definition) is 5. The van der Waals surface area contributed by atoms with Gasteiger partial charge in [-0.1, -0.05) is 12.1 Å². The molecule has 7 nitrogen and oxygen atoms in total. The molecule has 0 fully saturated rings. The van der Waals surface area contributed by atoms with Crippen LogP contribution in [-0.4, -0.2) is 29.9 Å². The quantitative estimate of drug-likeness (QED) is 0.671. The number of hydrogen-bond donors (Lipinski definition) is 3. The molecule has 0 bridgehead atoms. The Morgan fingerprint density at radius 3 is 2.79 bits per heavy atom. The summed E-state index contributed by atoms with van der Waals surface area (Å²) in [6.07, 6.45) is 3.79. The first-order valence-corrected chi connectivity index (χ1v) is 10.6. The van der Waals surface area contributed by atoms with Gasteiger partial charge in [-0.2, -0.15) is 0 Å². The summed E-state index contributed by atoms with van der Waals surface area (Å²) in [5, 5.41) is 8.84. The Balaban J connectivity index is 1.65. The summed E-state index contributed by atoms with van der Waals surface area (Å²) in [4.78, 5) is 39.6. The number of benzene rings is 1. The fourth-order valence-electron chi connectivity index (χ4n) is 3.68. The van der Waals surface area contributed by atoms with E-state index in [0.717, 1.165) is 36.1 Å². The highest BCUT2D eigenvalue weighted by molar-refractivity contribution is 7.17. The molecule has 1 aliphatic heterocycles. The summed E-state index contributed by atoms with van der Waals surface area (Å²) in [6, 6.07) is 6.96. The molecule has 2 aromatic rings. The number of carbonyl (C=O) groups excluding carboxylic acids is 3. The van der Waals surface area contributed by atoms with Crippen molar-refractivity contribution in [2.24, 2.45) is 0 Å². The Morgan fingerprint density at radius 1 is 1.24 bits per heavy atom. The topological polar surface area (TPSA) is 96.5 Å². The maximum Gasteiger partial charge on any atom is 0.278 e. The molecular weight excluding hydrogens is 390 g/mol. The number of ether oxygens (including phenoxy) is 1. The summed E-state index contributed by atoms with van der Waals surface area (Å²) in [6.45, 7) is 3.79.